The molecule has 2 N–H and O–H groups in total. The fourth-order valence-corrected chi connectivity index (χ4v) is 3.32. The third-order valence-electron chi connectivity index (χ3n) is 4.81. The van der Waals surface area contributed by atoms with Crippen LogP contribution in [-0.4, -0.2) is 44.7 Å². The first kappa shape index (κ1) is 22.4. The van der Waals surface area contributed by atoms with Crippen LogP contribution < -0.4 is 5.84 Å². The molecule has 1 amide bonds. The Morgan fingerprint density at radius 2 is 1.94 bits per heavy atom. The van der Waals surface area contributed by atoms with Gasteiger partial charge in [0.1, 0.15) is 11.4 Å². The molecule has 7 nitrogen and oxygen atoms in total. The Hall–Kier alpha value is -3.26. The normalized spacial score (nSPS) is 14.4. The third kappa shape index (κ3) is 5.67. The van der Waals surface area contributed by atoms with E-state index in [9.17, 15) is 9.18 Å². The van der Waals surface area contributed by atoms with Crippen molar-refractivity contribution < 1.29 is 13.9 Å². The van der Waals surface area contributed by atoms with E-state index in [-0.39, 0.29) is 18.9 Å². The van der Waals surface area contributed by atoms with Crippen LogP contribution >= 0.6 is 0 Å². The number of aromatic nitrogens is 2. The van der Waals surface area contributed by atoms with Crippen molar-refractivity contribution in [2.45, 2.75) is 39.3 Å². The molecule has 3 rings (SSSR count). The van der Waals surface area contributed by atoms with Crippen molar-refractivity contribution in [3.05, 3.63) is 77.8 Å². The van der Waals surface area contributed by atoms with Crippen LogP contribution in [0.1, 0.15) is 38.6 Å². The van der Waals surface area contributed by atoms with Gasteiger partial charge in [-0.3, -0.25) is 0 Å². The van der Waals surface area contributed by atoms with E-state index in [0.29, 0.717) is 29.9 Å². The summed E-state index contributed by atoms with van der Waals surface area (Å²) in [5.74, 6) is 6.49. The molecule has 8 heteroatoms. The summed E-state index contributed by atoms with van der Waals surface area (Å²) in [6.45, 7) is 10.5. The number of hydrogen-bond donors (Lipinski definition) is 1. The molecule has 31 heavy (non-hydrogen) atoms. The molecule has 0 spiro atoms. The number of rotatable bonds is 5. The molecule has 2 heterocycles. The number of hydrazine groups is 1. The molecule has 1 aliphatic rings. The summed E-state index contributed by atoms with van der Waals surface area (Å²) in [7, 11) is 0. The molecular formula is C23H28FN5O2. The minimum absolute atomic E-state index is 0.181. The van der Waals surface area contributed by atoms with Gasteiger partial charge in [0.05, 0.1) is 13.1 Å². The van der Waals surface area contributed by atoms with Crippen molar-refractivity contribution in [2.75, 3.05) is 13.1 Å². The van der Waals surface area contributed by atoms with Gasteiger partial charge in [-0.2, -0.15) is 0 Å². The maximum absolute atomic E-state index is 14.2. The first-order chi connectivity index (χ1) is 14.7. The van der Waals surface area contributed by atoms with E-state index in [1.165, 1.54) is 11.1 Å². The topological polar surface area (TPSA) is 84.6 Å². The standard InChI is InChI=1S/C23H28FN5O2/c1-16(21-26-11-7-12-27-21)18-15-28(22(30)31-23(2,3)4)13-10-20(18)29(25)14-17-8-5-6-9-19(17)24/h5-9,11-12H,1,10,13-15,25H2,2-4H3. The average molecular weight is 426 g/mol. The Labute approximate surface area is 182 Å². The van der Waals surface area contributed by atoms with E-state index in [2.05, 4.69) is 16.5 Å². The molecule has 0 radical (unpaired) electrons. The molecule has 0 bridgehead atoms. The Morgan fingerprint density at radius 3 is 2.58 bits per heavy atom. The van der Waals surface area contributed by atoms with Gasteiger partial charge in [-0.05, 0) is 32.9 Å². The number of nitrogens with zero attached hydrogens (tertiary/aromatic N) is 4. The predicted molar refractivity (Wildman–Crippen MR) is 117 cm³/mol. The van der Waals surface area contributed by atoms with Crippen molar-refractivity contribution in [1.29, 1.82) is 0 Å². The van der Waals surface area contributed by atoms with Crippen molar-refractivity contribution in [3.63, 3.8) is 0 Å². The number of amides is 1. The van der Waals surface area contributed by atoms with Crippen LogP contribution in [0.5, 0.6) is 0 Å². The highest BCUT2D eigenvalue weighted by Gasteiger charge is 2.30. The number of carbonyl (C=O) groups is 1. The lowest BCUT2D eigenvalue weighted by Crippen LogP contribution is -2.44. The van der Waals surface area contributed by atoms with Gasteiger partial charge in [0.2, 0.25) is 0 Å². The quantitative estimate of drug-likeness (QED) is 0.578. The third-order valence-corrected chi connectivity index (χ3v) is 4.81. The van der Waals surface area contributed by atoms with Crippen molar-refractivity contribution >= 4 is 11.7 Å². The van der Waals surface area contributed by atoms with Gasteiger partial charge < -0.3 is 14.6 Å². The molecule has 1 aromatic heterocycles. The summed E-state index contributed by atoms with van der Waals surface area (Å²) >= 11 is 0. The Morgan fingerprint density at radius 1 is 1.26 bits per heavy atom. The summed E-state index contributed by atoms with van der Waals surface area (Å²) in [4.78, 5) is 22.8. The van der Waals surface area contributed by atoms with E-state index < -0.39 is 11.7 Å². The fourth-order valence-electron chi connectivity index (χ4n) is 3.32. The van der Waals surface area contributed by atoms with Crippen LogP contribution in [-0.2, 0) is 11.3 Å². The van der Waals surface area contributed by atoms with Gasteiger partial charge in [-0.25, -0.2) is 25.0 Å². The second-order valence-corrected chi connectivity index (χ2v) is 8.35. The van der Waals surface area contributed by atoms with Gasteiger partial charge in [0.15, 0.2) is 5.82 Å². The zero-order valence-corrected chi connectivity index (χ0v) is 18.1. The number of carbonyl (C=O) groups excluding carboxylic acids is 1. The fraction of sp³-hybridized carbons (Fsp3) is 0.348. The first-order valence-electron chi connectivity index (χ1n) is 10.1. The van der Waals surface area contributed by atoms with E-state index in [1.54, 1.807) is 41.6 Å². The minimum Gasteiger partial charge on any atom is -0.444 e. The molecule has 0 fully saturated rings. The molecular weight excluding hydrogens is 397 g/mol. The predicted octanol–water partition coefficient (Wildman–Crippen LogP) is 3.90. The first-order valence-corrected chi connectivity index (χ1v) is 10.1. The average Bonchev–Trinajstić information content (AvgIpc) is 2.74. The largest absolute Gasteiger partial charge is 0.444 e. The number of hydrogen-bond acceptors (Lipinski definition) is 6. The van der Waals surface area contributed by atoms with Gasteiger partial charge in [0, 0.05) is 47.8 Å². The summed E-state index contributed by atoms with van der Waals surface area (Å²) in [5, 5.41) is 1.51. The maximum Gasteiger partial charge on any atom is 0.410 e. The van der Waals surface area contributed by atoms with Crippen molar-refractivity contribution in [3.8, 4) is 0 Å². The summed E-state index contributed by atoms with van der Waals surface area (Å²) in [5.41, 5.74) is 1.93. The van der Waals surface area contributed by atoms with Gasteiger partial charge in [0.25, 0.3) is 0 Å². The van der Waals surface area contributed by atoms with Crippen LogP contribution in [0.15, 0.2) is 60.6 Å². The second-order valence-electron chi connectivity index (χ2n) is 8.35. The van der Waals surface area contributed by atoms with Crippen LogP contribution in [0.25, 0.3) is 5.57 Å². The number of halogens is 1. The molecule has 2 aromatic rings. The van der Waals surface area contributed by atoms with Gasteiger partial charge >= 0.3 is 6.09 Å². The van der Waals surface area contributed by atoms with E-state index in [0.717, 1.165) is 11.3 Å². The minimum atomic E-state index is -0.606. The second kappa shape index (κ2) is 9.26. The van der Waals surface area contributed by atoms with Crippen molar-refractivity contribution in [1.82, 2.24) is 19.9 Å². The van der Waals surface area contributed by atoms with E-state index in [1.807, 2.05) is 20.8 Å². The molecule has 164 valence electrons. The summed E-state index contributed by atoms with van der Waals surface area (Å²) in [6.07, 6.45) is 3.30. The maximum atomic E-state index is 14.2. The highest BCUT2D eigenvalue weighted by atomic mass is 19.1. The van der Waals surface area contributed by atoms with Crippen LogP contribution in [0.2, 0.25) is 0 Å². The summed E-state index contributed by atoms with van der Waals surface area (Å²) < 4.78 is 19.7. The Balaban J connectivity index is 1.92. The number of ether oxygens (including phenoxy) is 1. The van der Waals surface area contributed by atoms with E-state index >= 15 is 0 Å². The van der Waals surface area contributed by atoms with Gasteiger partial charge in [-0.15, -0.1) is 0 Å². The lowest BCUT2D eigenvalue weighted by Gasteiger charge is -2.36. The molecule has 0 atom stereocenters. The Bertz CT molecular complexity index is 985. The van der Waals surface area contributed by atoms with Crippen LogP contribution in [0, 0.1) is 5.82 Å². The molecule has 0 unspecified atom stereocenters. The van der Waals surface area contributed by atoms with Crippen LogP contribution in [0.3, 0.4) is 0 Å². The number of benzene rings is 1. The lowest BCUT2D eigenvalue weighted by atomic mass is 9.98. The molecule has 0 aliphatic carbocycles. The molecule has 1 aliphatic heterocycles. The van der Waals surface area contributed by atoms with Gasteiger partial charge in [-0.1, -0.05) is 24.8 Å². The highest BCUT2D eigenvalue weighted by molar-refractivity contribution is 5.77. The zero-order chi connectivity index (χ0) is 22.6. The number of nitrogens with two attached hydrogens (primary N) is 1. The Kier molecular flexibility index (Phi) is 6.70. The zero-order valence-electron chi connectivity index (χ0n) is 18.1. The highest BCUT2D eigenvalue weighted by Crippen LogP contribution is 2.30. The van der Waals surface area contributed by atoms with Crippen LogP contribution in [0.4, 0.5) is 9.18 Å². The SMILES string of the molecule is C=C(C1=C(N(N)Cc2ccccc2F)CCN(C(=O)OC(C)(C)C)C1)c1ncccn1. The monoisotopic (exact) mass is 425 g/mol. The molecule has 0 saturated carbocycles. The lowest BCUT2D eigenvalue weighted by molar-refractivity contribution is 0.0254. The van der Waals surface area contributed by atoms with Crippen molar-refractivity contribution in [2.24, 2.45) is 5.84 Å². The molecule has 1 aromatic carbocycles. The summed E-state index contributed by atoms with van der Waals surface area (Å²) in [6, 6.07) is 8.22. The smallest absolute Gasteiger partial charge is 0.410 e. The molecule has 0 saturated heterocycles. The van der Waals surface area contributed by atoms with E-state index in [4.69, 9.17) is 10.6 Å².